The summed E-state index contributed by atoms with van der Waals surface area (Å²) in [5.74, 6) is 0. The maximum atomic E-state index is 10.6. The molecule has 2 fully saturated rings. The van der Waals surface area contributed by atoms with Crippen LogP contribution in [0.4, 0.5) is 0 Å². The highest BCUT2D eigenvalue weighted by Crippen LogP contribution is 2.47. The van der Waals surface area contributed by atoms with Crippen LogP contribution in [0.2, 0.25) is 10.0 Å². The Morgan fingerprint density at radius 2 is 2.00 bits per heavy atom. The molecule has 1 unspecified atom stereocenters. The topological polar surface area (TPSA) is 36.8 Å². The van der Waals surface area contributed by atoms with E-state index in [2.05, 4.69) is 5.32 Å². The van der Waals surface area contributed by atoms with Gasteiger partial charge in [0.25, 0.3) is 0 Å². The van der Waals surface area contributed by atoms with Gasteiger partial charge in [0.2, 0.25) is 0 Å². The number of aliphatic hydroxyl groups excluding tert-OH is 1. The Kier molecular flexibility index (Phi) is 3.78. The largest absolute Gasteiger partial charge is 0.386 e. The number of hydrogen-bond acceptors (Lipinski definition) is 1. The molecule has 0 saturated heterocycles. The van der Waals surface area contributed by atoms with E-state index in [-0.39, 0.29) is 11.5 Å². The summed E-state index contributed by atoms with van der Waals surface area (Å²) >= 11 is 12.1. The first-order chi connectivity index (χ1) is 9.12. The molecule has 3 rings (SSSR count). The molecular weight excluding hydrogens is 281 g/mol. The zero-order valence-corrected chi connectivity index (χ0v) is 12.4. The van der Waals surface area contributed by atoms with Crippen LogP contribution in [0.5, 0.6) is 0 Å². The highest BCUT2D eigenvalue weighted by Gasteiger charge is 2.46. The van der Waals surface area contributed by atoms with Crippen LogP contribution in [0.3, 0.4) is 0 Å². The second-order valence-electron chi connectivity index (χ2n) is 5.96. The molecule has 2 nitrogen and oxygen atoms in total. The van der Waals surface area contributed by atoms with Crippen molar-refractivity contribution in [3.63, 3.8) is 0 Å². The highest BCUT2D eigenvalue weighted by atomic mass is 35.5. The van der Waals surface area contributed by atoms with Crippen LogP contribution < -0.4 is 5.32 Å². The summed E-state index contributed by atoms with van der Waals surface area (Å²) in [7, 11) is 0. The van der Waals surface area contributed by atoms with Crippen LogP contribution in [-0.2, 0) is 5.41 Å². The van der Waals surface area contributed by atoms with Crippen molar-refractivity contribution in [1.82, 2.24) is 0 Å². The molecule has 1 aromatic rings. The molecular formula is C15H20Cl2NO+. The Morgan fingerprint density at radius 1 is 1.26 bits per heavy atom. The molecule has 19 heavy (non-hydrogen) atoms. The molecule has 0 aliphatic heterocycles. The lowest BCUT2D eigenvalue weighted by Gasteiger charge is -2.45. The fourth-order valence-electron chi connectivity index (χ4n) is 3.06. The summed E-state index contributed by atoms with van der Waals surface area (Å²) in [5.41, 5.74) is 1.05. The van der Waals surface area contributed by atoms with E-state index in [4.69, 9.17) is 23.2 Å². The molecule has 1 aromatic carbocycles. The first kappa shape index (κ1) is 13.7. The van der Waals surface area contributed by atoms with Gasteiger partial charge in [-0.25, -0.2) is 0 Å². The smallest absolute Gasteiger partial charge is 0.112 e. The summed E-state index contributed by atoms with van der Waals surface area (Å²) in [6.45, 7) is 0.797. The molecule has 3 N–H and O–H groups in total. The molecule has 2 saturated carbocycles. The van der Waals surface area contributed by atoms with Crippen molar-refractivity contribution in [2.75, 3.05) is 6.54 Å². The van der Waals surface area contributed by atoms with E-state index in [0.29, 0.717) is 10.0 Å². The second kappa shape index (κ2) is 5.25. The van der Waals surface area contributed by atoms with Gasteiger partial charge in [0.05, 0.1) is 16.1 Å². The van der Waals surface area contributed by atoms with Gasteiger partial charge in [-0.1, -0.05) is 35.7 Å². The Balaban J connectivity index is 1.78. The van der Waals surface area contributed by atoms with Crippen LogP contribution in [-0.4, -0.2) is 23.8 Å². The van der Waals surface area contributed by atoms with Gasteiger partial charge in [-0.3, -0.25) is 0 Å². The SMILES string of the molecule is OC(C[NH2+]C1CC1)C1(c2ccc(Cl)c(Cl)c2)CCC1. The van der Waals surface area contributed by atoms with E-state index in [1.165, 1.54) is 19.3 Å². The van der Waals surface area contributed by atoms with E-state index in [1.54, 1.807) is 0 Å². The van der Waals surface area contributed by atoms with E-state index in [0.717, 1.165) is 31.0 Å². The number of benzene rings is 1. The molecule has 1 atom stereocenters. The normalized spacial score (nSPS) is 22.9. The maximum absolute atomic E-state index is 10.6. The van der Waals surface area contributed by atoms with Gasteiger partial charge >= 0.3 is 0 Å². The number of quaternary nitrogens is 1. The summed E-state index contributed by atoms with van der Waals surface area (Å²) in [6.07, 6.45) is 5.58. The molecule has 4 heteroatoms. The van der Waals surface area contributed by atoms with Crippen LogP contribution in [0.1, 0.15) is 37.7 Å². The number of nitrogens with two attached hydrogens (primary N) is 1. The molecule has 0 radical (unpaired) electrons. The van der Waals surface area contributed by atoms with E-state index >= 15 is 0 Å². The highest BCUT2D eigenvalue weighted by molar-refractivity contribution is 6.42. The van der Waals surface area contributed by atoms with Gasteiger partial charge in [-0.05, 0) is 30.5 Å². The lowest BCUT2D eigenvalue weighted by molar-refractivity contribution is -0.675. The average molecular weight is 301 g/mol. The van der Waals surface area contributed by atoms with Crippen molar-refractivity contribution in [3.05, 3.63) is 33.8 Å². The molecule has 0 bridgehead atoms. The minimum absolute atomic E-state index is 0.0976. The number of halogens is 2. The zero-order valence-electron chi connectivity index (χ0n) is 10.9. The molecule has 2 aliphatic carbocycles. The van der Waals surface area contributed by atoms with Crippen LogP contribution in [0, 0.1) is 0 Å². The van der Waals surface area contributed by atoms with Gasteiger partial charge in [-0.15, -0.1) is 0 Å². The molecule has 0 spiro atoms. The van der Waals surface area contributed by atoms with Gasteiger partial charge in [-0.2, -0.15) is 0 Å². The Labute approximate surface area is 124 Å². The van der Waals surface area contributed by atoms with E-state index < -0.39 is 0 Å². The standard InChI is InChI=1S/C15H19Cl2NO/c16-12-5-2-10(8-13(12)17)15(6-1-7-15)14(19)9-18-11-3-4-11/h2,5,8,11,14,18-19H,1,3-4,6-7,9H2/p+1. The summed E-state index contributed by atoms with van der Waals surface area (Å²) in [5, 5.41) is 14.1. The van der Waals surface area contributed by atoms with Crippen LogP contribution in [0.15, 0.2) is 18.2 Å². The van der Waals surface area contributed by atoms with Crippen molar-refractivity contribution < 1.29 is 10.4 Å². The third kappa shape index (κ3) is 2.64. The van der Waals surface area contributed by atoms with Gasteiger partial charge < -0.3 is 10.4 Å². The number of rotatable bonds is 5. The minimum atomic E-state index is -0.293. The molecule has 0 amide bonds. The van der Waals surface area contributed by atoms with Crippen molar-refractivity contribution in [2.45, 2.75) is 49.7 Å². The maximum Gasteiger partial charge on any atom is 0.112 e. The lowest BCUT2D eigenvalue weighted by atomic mass is 9.61. The van der Waals surface area contributed by atoms with Gasteiger partial charge in [0, 0.05) is 18.3 Å². The second-order valence-corrected chi connectivity index (χ2v) is 6.78. The van der Waals surface area contributed by atoms with E-state index in [1.807, 2.05) is 18.2 Å². The third-order valence-electron chi connectivity index (χ3n) is 4.69. The summed E-state index contributed by atoms with van der Waals surface area (Å²) in [4.78, 5) is 0. The third-order valence-corrected chi connectivity index (χ3v) is 5.43. The monoisotopic (exact) mass is 300 g/mol. The number of hydrogen-bond donors (Lipinski definition) is 2. The first-order valence-electron chi connectivity index (χ1n) is 7.09. The Bertz CT molecular complexity index is 469. The molecule has 0 aromatic heterocycles. The first-order valence-corrected chi connectivity index (χ1v) is 7.84. The lowest BCUT2D eigenvalue weighted by Crippen LogP contribution is -2.89. The van der Waals surface area contributed by atoms with E-state index in [9.17, 15) is 5.11 Å². The fraction of sp³-hybridized carbons (Fsp3) is 0.600. The predicted octanol–water partition coefficient (Wildman–Crippen LogP) is 2.50. The quantitative estimate of drug-likeness (QED) is 0.861. The van der Waals surface area contributed by atoms with Crippen molar-refractivity contribution in [1.29, 1.82) is 0 Å². The minimum Gasteiger partial charge on any atom is -0.386 e. The Morgan fingerprint density at radius 3 is 2.53 bits per heavy atom. The van der Waals surface area contributed by atoms with Crippen molar-refractivity contribution in [2.24, 2.45) is 0 Å². The fourth-order valence-corrected chi connectivity index (χ4v) is 3.35. The summed E-state index contributed by atoms with van der Waals surface area (Å²) < 4.78 is 0. The average Bonchev–Trinajstić information content (AvgIpc) is 3.13. The molecule has 0 heterocycles. The van der Waals surface area contributed by atoms with Crippen LogP contribution in [0.25, 0.3) is 0 Å². The van der Waals surface area contributed by atoms with Crippen molar-refractivity contribution >= 4 is 23.2 Å². The van der Waals surface area contributed by atoms with Gasteiger partial charge in [0.1, 0.15) is 12.6 Å². The number of aliphatic hydroxyl groups is 1. The van der Waals surface area contributed by atoms with Crippen molar-refractivity contribution in [3.8, 4) is 0 Å². The Hall–Kier alpha value is -0.280. The molecule has 104 valence electrons. The predicted molar refractivity (Wildman–Crippen MR) is 77.8 cm³/mol. The zero-order chi connectivity index (χ0) is 13.5. The summed E-state index contributed by atoms with van der Waals surface area (Å²) in [6, 6.07) is 6.55. The van der Waals surface area contributed by atoms with Crippen LogP contribution >= 0.6 is 23.2 Å². The molecule has 2 aliphatic rings. The van der Waals surface area contributed by atoms with Gasteiger partial charge in [0.15, 0.2) is 0 Å².